The van der Waals surface area contributed by atoms with E-state index >= 15 is 0 Å². The molecule has 0 bridgehead atoms. The molecule has 1 amide bonds. The van der Waals surface area contributed by atoms with E-state index in [1.807, 2.05) is 0 Å². The second-order valence-electron chi connectivity index (χ2n) is 4.37. The van der Waals surface area contributed by atoms with Gasteiger partial charge in [-0.2, -0.15) is 0 Å². The maximum absolute atomic E-state index is 11.6. The van der Waals surface area contributed by atoms with Crippen LogP contribution in [0.15, 0.2) is 0 Å². The van der Waals surface area contributed by atoms with Crippen molar-refractivity contribution in [2.75, 3.05) is 18.8 Å². The number of carbonyl (C=O) groups is 1. The molecule has 0 aromatic carbocycles. The molecule has 1 aliphatic heterocycles. The predicted molar refractivity (Wildman–Crippen MR) is 65.9 cm³/mol. The number of hydrogen-bond donors (Lipinski definition) is 3. The van der Waals surface area contributed by atoms with E-state index in [2.05, 4.69) is 10.0 Å². The van der Waals surface area contributed by atoms with Crippen molar-refractivity contribution in [3.8, 4) is 0 Å². The lowest BCUT2D eigenvalue weighted by Crippen LogP contribution is -2.37. The van der Waals surface area contributed by atoms with E-state index in [9.17, 15) is 13.2 Å². The molecule has 1 saturated heterocycles. The number of nitrogens with one attached hydrogen (secondary N) is 2. The van der Waals surface area contributed by atoms with Crippen molar-refractivity contribution in [3.63, 3.8) is 0 Å². The molecule has 0 aromatic heterocycles. The summed E-state index contributed by atoms with van der Waals surface area (Å²) in [5, 5.41) is 3.30. The second-order valence-corrected chi connectivity index (χ2v) is 6.29. The molecule has 17 heavy (non-hydrogen) atoms. The Morgan fingerprint density at radius 1 is 1.41 bits per heavy atom. The zero-order valence-electron chi connectivity index (χ0n) is 9.94. The average molecular weight is 263 g/mol. The Hall–Kier alpha value is -0.660. The van der Waals surface area contributed by atoms with Crippen LogP contribution >= 0.6 is 0 Å². The molecule has 0 aliphatic carbocycles. The van der Waals surface area contributed by atoms with Crippen LogP contribution in [0.2, 0.25) is 0 Å². The number of nitrogens with two attached hydrogens (primary N) is 1. The smallest absolute Gasteiger partial charge is 0.218 e. The first-order valence-corrected chi connectivity index (χ1v) is 7.64. The van der Waals surface area contributed by atoms with Gasteiger partial charge in [0.05, 0.1) is 5.75 Å². The minimum atomic E-state index is -3.27. The summed E-state index contributed by atoms with van der Waals surface area (Å²) in [4.78, 5) is 10.5. The van der Waals surface area contributed by atoms with Gasteiger partial charge in [0.2, 0.25) is 15.9 Å². The molecule has 0 spiro atoms. The molecular weight excluding hydrogens is 242 g/mol. The van der Waals surface area contributed by atoms with Gasteiger partial charge in [0.1, 0.15) is 0 Å². The van der Waals surface area contributed by atoms with Gasteiger partial charge in [0.25, 0.3) is 0 Å². The average Bonchev–Trinajstić information content (AvgIpc) is 2.27. The predicted octanol–water partition coefficient (Wildman–Crippen LogP) is -0.687. The monoisotopic (exact) mass is 263 g/mol. The maximum Gasteiger partial charge on any atom is 0.218 e. The molecule has 0 saturated carbocycles. The van der Waals surface area contributed by atoms with E-state index in [0.717, 1.165) is 19.4 Å². The third-order valence-corrected chi connectivity index (χ3v) is 4.26. The largest absolute Gasteiger partial charge is 0.370 e. The highest BCUT2D eigenvalue weighted by atomic mass is 32.2. The van der Waals surface area contributed by atoms with Crippen molar-refractivity contribution in [3.05, 3.63) is 0 Å². The van der Waals surface area contributed by atoms with Gasteiger partial charge >= 0.3 is 0 Å². The number of amides is 1. The van der Waals surface area contributed by atoms with Crippen LogP contribution in [0.3, 0.4) is 0 Å². The first kappa shape index (κ1) is 14.4. The normalized spacial score (nSPS) is 21.3. The lowest BCUT2D eigenvalue weighted by molar-refractivity contribution is -0.117. The van der Waals surface area contributed by atoms with Crippen LogP contribution in [0.25, 0.3) is 0 Å². The van der Waals surface area contributed by atoms with Crippen molar-refractivity contribution in [2.45, 2.75) is 38.1 Å². The lowest BCUT2D eigenvalue weighted by Gasteiger charge is -2.23. The Labute approximate surface area is 102 Å². The fourth-order valence-corrected chi connectivity index (χ4v) is 3.02. The molecule has 1 heterocycles. The highest BCUT2D eigenvalue weighted by Crippen LogP contribution is 2.10. The number of carbonyl (C=O) groups excluding carboxylic acids is 1. The van der Waals surface area contributed by atoms with Gasteiger partial charge in [0, 0.05) is 19.0 Å². The van der Waals surface area contributed by atoms with Gasteiger partial charge in [-0.05, 0) is 25.8 Å². The van der Waals surface area contributed by atoms with Crippen molar-refractivity contribution in [2.24, 2.45) is 5.73 Å². The van der Waals surface area contributed by atoms with E-state index in [0.29, 0.717) is 12.5 Å². The van der Waals surface area contributed by atoms with Gasteiger partial charge in [-0.3, -0.25) is 4.79 Å². The Kier molecular flexibility index (Phi) is 5.87. The summed E-state index contributed by atoms with van der Waals surface area (Å²) in [5.74, 6) is -0.398. The molecule has 0 radical (unpaired) electrons. The summed E-state index contributed by atoms with van der Waals surface area (Å²) in [6.45, 7) is 1.07. The van der Waals surface area contributed by atoms with Crippen LogP contribution in [-0.4, -0.2) is 39.2 Å². The number of rotatable bonds is 7. The minimum absolute atomic E-state index is 0.0426. The molecule has 1 aliphatic rings. The molecule has 1 unspecified atom stereocenters. The molecular formula is C10H21N3O3S. The van der Waals surface area contributed by atoms with Crippen molar-refractivity contribution >= 4 is 15.9 Å². The van der Waals surface area contributed by atoms with Gasteiger partial charge in [-0.25, -0.2) is 13.1 Å². The SMILES string of the molecule is NC(=O)CCNS(=O)(=O)CCC1CCCCN1. The van der Waals surface area contributed by atoms with Crippen LogP contribution in [0, 0.1) is 0 Å². The molecule has 7 heteroatoms. The Morgan fingerprint density at radius 3 is 2.76 bits per heavy atom. The molecule has 0 aromatic rings. The van der Waals surface area contributed by atoms with Gasteiger partial charge in [-0.1, -0.05) is 6.42 Å². The fraction of sp³-hybridized carbons (Fsp3) is 0.900. The summed E-state index contributed by atoms with van der Waals surface area (Å²) < 4.78 is 25.5. The zero-order chi connectivity index (χ0) is 12.7. The first-order valence-electron chi connectivity index (χ1n) is 5.98. The van der Waals surface area contributed by atoms with E-state index < -0.39 is 15.9 Å². The van der Waals surface area contributed by atoms with E-state index in [1.165, 1.54) is 6.42 Å². The lowest BCUT2D eigenvalue weighted by atomic mass is 10.0. The quantitative estimate of drug-likeness (QED) is 0.566. The topological polar surface area (TPSA) is 101 Å². The van der Waals surface area contributed by atoms with Crippen LogP contribution in [0.5, 0.6) is 0 Å². The van der Waals surface area contributed by atoms with E-state index in [4.69, 9.17) is 5.73 Å². The Bertz CT molecular complexity index is 337. The summed E-state index contributed by atoms with van der Waals surface area (Å²) in [5.41, 5.74) is 4.93. The van der Waals surface area contributed by atoms with Crippen LogP contribution < -0.4 is 15.8 Å². The van der Waals surface area contributed by atoms with Gasteiger partial charge in [0.15, 0.2) is 0 Å². The number of sulfonamides is 1. The standard InChI is InChI=1S/C10H21N3O3S/c11-10(14)4-7-13-17(15,16)8-5-9-3-1-2-6-12-9/h9,12-13H,1-8H2,(H2,11,14). The zero-order valence-corrected chi connectivity index (χ0v) is 10.8. The highest BCUT2D eigenvalue weighted by Gasteiger charge is 2.17. The van der Waals surface area contributed by atoms with E-state index in [-0.39, 0.29) is 18.7 Å². The third kappa shape index (κ3) is 6.60. The van der Waals surface area contributed by atoms with Gasteiger partial charge < -0.3 is 11.1 Å². The summed E-state index contributed by atoms with van der Waals surface area (Å²) in [6, 6.07) is 0.302. The fourth-order valence-electron chi connectivity index (χ4n) is 1.87. The van der Waals surface area contributed by atoms with Crippen molar-refractivity contribution in [1.82, 2.24) is 10.0 Å². The second kappa shape index (κ2) is 6.93. The number of hydrogen-bond acceptors (Lipinski definition) is 4. The molecule has 6 nitrogen and oxygen atoms in total. The molecule has 1 fully saturated rings. The minimum Gasteiger partial charge on any atom is -0.370 e. The third-order valence-electron chi connectivity index (χ3n) is 2.84. The van der Waals surface area contributed by atoms with Crippen LogP contribution in [-0.2, 0) is 14.8 Å². The Balaban J connectivity index is 2.21. The summed E-state index contributed by atoms with van der Waals surface area (Å²) >= 11 is 0. The summed E-state index contributed by atoms with van der Waals surface area (Å²) in [7, 11) is -3.27. The van der Waals surface area contributed by atoms with Crippen LogP contribution in [0.1, 0.15) is 32.1 Å². The first-order chi connectivity index (χ1) is 7.99. The highest BCUT2D eigenvalue weighted by molar-refractivity contribution is 7.89. The summed E-state index contributed by atoms with van der Waals surface area (Å²) in [6.07, 6.45) is 4.02. The molecule has 1 atom stereocenters. The van der Waals surface area contributed by atoms with Crippen LogP contribution in [0.4, 0.5) is 0 Å². The maximum atomic E-state index is 11.6. The number of piperidine rings is 1. The number of primary amides is 1. The molecule has 100 valence electrons. The Morgan fingerprint density at radius 2 is 2.18 bits per heavy atom. The van der Waals surface area contributed by atoms with Gasteiger partial charge in [-0.15, -0.1) is 0 Å². The van der Waals surface area contributed by atoms with Crippen molar-refractivity contribution < 1.29 is 13.2 Å². The molecule has 1 rings (SSSR count). The van der Waals surface area contributed by atoms with E-state index in [1.54, 1.807) is 0 Å². The molecule has 4 N–H and O–H groups in total. The van der Waals surface area contributed by atoms with Crippen molar-refractivity contribution in [1.29, 1.82) is 0 Å².